The second-order valence-corrected chi connectivity index (χ2v) is 7.19. The Morgan fingerprint density at radius 2 is 1.78 bits per heavy atom. The van der Waals surface area contributed by atoms with Crippen LogP contribution in [0.15, 0.2) is 42.5 Å². The number of hydrogen-bond acceptors (Lipinski definition) is 8. The van der Waals surface area contributed by atoms with Crippen LogP contribution in [0.2, 0.25) is 0 Å². The number of para-hydroxylation sites is 2. The van der Waals surface area contributed by atoms with Crippen LogP contribution in [-0.2, 0) is 9.47 Å². The molecule has 32 heavy (non-hydrogen) atoms. The quantitative estimate of drug-likeness (QED) is 0.439. The molecule has 0 radical (unpaired) electrons. The maximum Gasteiger partial charge on any atom is 0.344 e. The average Bonchev–Trinajstić information content (AvgIpc) is 3.07. The van der Waals surface area contributed by atoms with Gasteiger partial charge >= 0.3 is 5.97 Å². The number of nitrogens with zero attached hydrogens (tertiary/aromatic N) is 3. The third-order valence-electron chi connectivity index (χ3n) is 5.04. The van der Waals surface area contributed by atoms with Gasteiger partial charge in [-0.25, -0.2) is 14.8 Å². The van der Waals surface area contributed by atoms with Crippen LogP contribution < -0.4 is 15.2 Å². The van der Waals surface area contributed by atoms with E-state index in [1.165, 1.54) is 7.11 Å². The van der Waals surface area contributed by atoms with E-state index in [9.17, 15) is 4.79 Å². The molecule has 2 N–H and O–H groups in total. The fourth-order valence-corrected chi connectivity index (χ4v) is 3.59. The first-order valence-electron chi connectivity index (χ1n) is 9.97. The summed E-state index contributed by atoms with van der Waals surface area (Å²) in [6, 6.07) is 12.7. The zero-order valence-corrected chi connectivity index (χ0v) is 18.3. The molecule has 0 saturated carbocycles. The highest BCUT2D eigenvalue weighted by Crippen LogP contribution is 2.36. The zero-order valence-electron chi connectivity index (χ0n) is 18.3. The highest BCUT2D eigenvalue weighted by atomic mass is 16.6. The number of carbonyl (C=O) groups is 1. The smallest absolute Gasteiger partial charge is 0.344 e. The molecule has 9 nitrogen and oxygen atoms in total. The Kier molecular flexibility index (Phi) is 5.83. The Labute approximate surface area is 184 Å². The molecular weight excluding hydrogens is 412 g/mol. The number of nitrogens with two attached hydrogens (primary N) is 1. The summed E-state index contributed by atoms with van der Waals surface area (Å²) in [5.74, 6) is 0.655. The van der Waals surface area contributed by atoms with Crippen LogP contribution in [0.4, 0.5) is 5.82 Å². The van der Waals surface area contributed by atoms with E-state index >= 15 is 0 Å². The standard InChI is InChI=1S/C23H24N4O5/c1-13(12-29-2)32-23(28)19-20-22(26-16-8-6-5-7-15(16)25-20)27(21(19)24)17-10-9-14(30-3)11-18(17)31-4/h5-11,13H,12,24H2,1-4H3/t13-/m1/s1. The first kappa shape index (κ1) is 21.4. The fraction of sp³-hybridized carbons (Fsp3) is 0.261. The number of benzene rings is 2. The zero-order chi connectivity index (χ0) is 22.8. The number of aromatic nitrogens is 3. The first-order chi connectivity index (χ1) is 15.5. The van der Waals surface area contributed by atoms with Crippen LogP contribution in [0.25, 0.3) is 27.9 Å². The summed E-state index contributed by atoms with van der Waals surface area (Å²) >= 11 is 0. The minimum Gasteiger partial charge on any atom is -0.497 e. The molecule has 9 heteroatoms. The van der Waals surface area contributed by atoms with E-state index in [2.05, 4.69) is 4.98 Å². The Morgan fingerprint density at radius 3 is 2.44 bits per heavy atom. The van der Waals surface area contributed by atoms with Gasteiger partial charge in [-0.15, -0.1) is 0 Å². The Hall–Kier alpha value is -3.85. The summed E-state index contributed by atoms with van der Waals surface area (Å²) in [4.78, 5) is 22.6. The monoisotopic (exact) mass is 436 g/mol. The number of methoxy groups -OCH3 is 3. The van der Waals surface area contributed by atoms with Gasteiger partial charge in [-0.05, 0) is 31.2 Å². The fourth-order valence-electron chi connectivity index (χ4n) is 3.59. The van der Waals surface area contributed by atoms with Crippen LogP contribution in [-0.4, -0.2) is 54.5 Å². The number of anilines is 1. The summed E-state index contributed by atoms with van der Waals surface area (Å²) in [5, 5.41) is 0. The van der Waals surface area contributed by atoms with Gasteiger partial charge in [0.05, 0.1) is 37.5 Å². The molecule has 0 spiro atoms. The predicted molar refractivity (Wildman–Crippen MR) is 121 cm³/mol. The van der Waals surface area contributed by atoms with Gasteiger partial charge < -0.3 is 24.7 Å². The van der Waals surface area contributed by atoms with Gasteiger partial charge in [0.1, 0.15) is 34.5 Å². The van der Waals surface area contributed by atoms with Crippen molar-refractivity contribution < 1.29 is 23.7 Å². The second kappa shape index (κ2) is 8.72. The van der Waals surface area contributed by atoms with E-state index in [0.717, 1.165) is 0 Å². The molecule has 0 saturated heterocycles. The minimum atomic E-state index is -0.604. The molecule has 2 heterocycles. The number of fused-ring (bicyclic) bond motifs is 2. The summed E-state index contributed by atoms with van der Waals surface area (Å²) < 4.78 is 23.1. The van der Waals surface area contributed by atoms with Gasteiger partial charge in [-0.3, -0.25) is 4.57 Å². The molecule has 2 aromatic heterocycles. The van der Waals surface area contributed by atoms with Crippen molar-refractivity contribution in [1.29, 1.82) is 0 Å². The van der Waals surface area contributed by atoms with Gasteiger partial charge in [0, 0.05) is 13.2 Å². The molecule has 2 aromatic carbocycles. The number of carbonyl (C=O) groups excluding carboxylic acids is 1. The molecule has 0 aliphatic rings. The van der Waals surface area contributed by atoms with Crippen molar-refractivity contribution in [2.45, 2.75) is 13.0 Å². The van der Waals surface area contributed by atoms with Gasteiger partial charge in [0.25, 0.3) is 0 Å². The van der Waals surface area contributed by atoms with E-state index in [1.54, 1.807) is 43.9 Å². The van der Waals surface area contributed by atoms with Crippen molar-refractivity contribution in [3.8, 4) is 17.2 Å². The van der Waals surface area contributed by atoms with Crippen molar-refractivity contribution in [2.75, 3.05) is 33.7 Å². The van der Waals surface area contributed by atoms with Crippen molar-refractivity contribution in [3.05, 3.63) is 48.0 Å². The Bertz CT molecular complexity index is 1300. The van der Waals surface area contributed by atoms with Crippen molar-refractivity contribution in [1.82, 2.24) is 14.5 Å². The molecular formula is C23H24N4O5. The lowest BCUT2D eigenvalue weighted by atomic mass is 10.2. The van der Waals surface area contributed by atoms with E-state index in [4.69, 9.17) is 29.7 Å². The summed E-state index contributed by atoms with van der Waals surface area (Å²) in [6.45, 7) is 2.00. The van der Waals surface area contributed by atoms with Gasteiger partial charge in [-0.2, -0.15) is 0 Å². The normalized spacial score (nSPS) is 12.1. The summed E-state index contributed by atoms with van der Waals surface area (Å²) in [6.07, 6.45) is -0.464. The van der Waals surface area contributed by atoms with Crippen LogP contribution in [0.3, 0.4) is 0 Å². The molecule has 0 aliphatic heterocycles. The van der Waals surface area contributed by atoms with E-state index in [-0.39, 0.29) is 18.0 Å². The third kappa shape index (κ3) is 3.67. The summed E-state index contributed by atoms with van der Waals surface area (Å²) in [7, 11) is 4.65. The summed E-state index contributed by atoms with van der Waals surface area (Å²) in [5.41, 5.74) is 9.30. The van der Waals surface area contributed by atoms with Crippen molar-refractivity contribution in [2.24, 2.45) is 0 Å². The average molecular weight is 436 g/mol. The van der Waals surface area contributed by atoms with E-state index < -0.39 is 12.1 Å². The number of ether oxygens (including phenoxy) is 4. The first-order valence-corrected chi connectivity index (χ1v) is 9.97. The Balaban J connectivity index is 2.00. The molecule has 0 bridgehead atoms. The van der Waals surface area contributed by atoms with Crippen LogP contribution in [0.1, 0.15) is 17.3 Å². The molecule has 0 aliphatic carbocycles. The Morgan fingerprint density at radius 1 is 1.06 bits per heavy atom. The number of hydrogen-bond donors (Lipinski definition) is 1. The van der Waals surface area contributed by atoms with E-state index in [1.807, 2.05) is 24.3 Å². The largest absolute Gasteiger partial charge is 0.497 e. The van der Waals surface area contributed by atoms with Crippen LogP contribution in [0.5, 0.6) is 11.5 Å². The molecule has 4 rings (SSSR count). The highest BCUT2D eigenvalue weighted by Gasteiger charge is 2.28. The topological polar surface area (TPSA) is 111 Å². The SMILES string of the molecule is COC[C@@H](C)OC(=O)c1c(N)n(-c2ccc(OC)cc2OC)c2nc3ccccc3nc12. The van der Waals surface area contributed by atoms with E-state index in [0.29, 0.717) is 39.4 Å². The lowest BCUT2D eigenvalue weighted by Crippen LogP contribution is -2.20. The number of rotatable bonds is 7. The van der Waals surface area contributed by atoms with Crippen LogP contribution >= 0.6 is 0 Å². The molecule has 0 amide bonds. The second-order valence-electron chi connectivity index (χ2n) is 7.19. The number of esters is 1. The molecule has 1 atom stereocenters. The molecule has 166 valence electrons. The molecule has 0 unspecified atom stereocenters. The minimum absolute atomic E-state index is 0.138. The third-order valence-corrected chi connectivity index (χ3v) is 5.04. The maximum atomic E-state index is 13.1. The lowest BCUT2D eigenvalue weighted by molar-refractivity contribution is 0.0123. The lowest BCUT2D eigenvalue weighted by Gasteiger charge is -2.14. The van der Waals surface area contributed by atoms with Gasteiger partial charge in [-0.1, -0.05) is 12.1 Å². The van der Waals surface area contributed by atoms with Gasteiger partial charge in [0.2, 0.25) is 0 Å². The highest BCUT2D eigenvalue weighted by molar-refractivity contribution is 6.09. The molecule has 0 fully saturated rings. The predicted octanol–water partition coefficient (Wildman–Crippen LogP) is 3.36. The van der Waals surface area contributed by atoms with Gasteiger partial charge in [0.15, 0.2) is 5.65 Å². The van der Waals surface area contributed by atoms with Crippen molar-refractivity contribution >= 4 is 34.0 Å². The van der Waals surface area contributed by atoms with Crippen molar-refractivity contribution in [3.63, 3.8) is 0 Å². The molecule has 4 aromatic rings. The maximum absolute atomic E-state index is 13.1. The van der Waals surface area contributed by atoms with Crippen LogP contribution in [0, 0.1) is 0 Å². The number of nitrogen functional groups attached to an aromatic ring is 1.